The second-order valence-electron chi connectivity index (χ2n) is 12.3. The van der Waals surface area contributed by atoms with Crippen molar-refractivity contribution in [2.45, 2.75) is 91.0 Å². The fourth-order valence-electron chi connectivity index (χ4n) is 5.57. The van der Waals surface area contributed by atoms with Gasteiger partial charge in [0.1, 0.15) is 11.0 Å². The Balaban J connectivity index is 1.85. The van der Waals surface area contributed by atoms with Crippen LogP contribution in [0.15, 0.2) is 5.38 Å². The first kappa shape index (κ1) is 38.8. The number of ether oxygens (including phenoxy) is 2. The van der Waals surface area contributed by atoms with Gasteiger partial charge in [0, 0.05) is 31.8 Å². The van der Waals surface area contributed by atoms with E-state index >= 15 is 0 Å². The Hall–Kier alpha value is -3.66. The summed E-state index contributed by atoms with van der Waals surface area (Å²) in [6.07, 6.45) is 2.08. The number of amides is 2. The van der Waals surface area contributed by atoms with Crippen LogP contribution >= 0.6 is 11.3 Å². The molecule has 1 saturated heterocycles. The van der Waals surface area contributed by atoms with Gasteiger partial charge in [-0.05, 0) is 38.3 Å². The Labute approximate surface area is 280 Å². The number of likely N-dealkylation sites (N-methyl/N-ethyl adjacent to an activating group) is 2. The van der Waals surface area contributed by atoms with Crippen LogP contribution in [-0.2, 0) is 19.1 Å². The highest BCUT2D eigenvalue weighted by atomic mass is 32.1. The summed E-state index contributed by atoms with van der Waals surface area (Å²) in [4.78, 5) is 59.6. The molecular formula is C32H41F5N4O6S. The molecule has 0 unspecified atom stereocenters. The lowest BCUT2D eigenvalue weighted by Gasteiger charge is -2.38. The van der Waals surface area contributed by atoms with Crippen LogP contribution in [0.2, 0.25) is 0 Å². The summed E-state index contributed by atoms with van der Waals surface area (Å²) in [7, 11) is 3.46. The Kier molecular flexibility index (Phi) is 13.4. The molecule has 10 nitrogen and oxygen atoms in total. The largest absolute Gasteiger partial charge is 0.455 e. The number of hydrogen-bond donors (Lipinski definition) is 1. The normalized spacial score (nSPS) is 17.7. The zero-order valence-electron chi connectivity index (χ0n) is 27.9. The molecule has 3 rings (SSSR count). The molecule has 0 aliphatic carbocycles. The highest BCUT2D eigenvalue weighted by molar-refractivity contribution is 7.09. The fraction of sp³-hybridized carbons (Fsp3) is 0.594. The van der Waals surface area contributed by atoms with Crippen LogP contribution in [0.1, 0.15) is 88.3 Å². The highest BCUT2D eigenvalue weighted by Gasteiger charge is 2.37. The van der Waals surface area contributed by atoms with Crippen LogP contribution in [0.5, 0.6) is 5.75 Å². The Morgan fingerprint density at radius 3 is 2.19 bits per heavy atom. The monoisotopic (exact) mass is 704 g/mol. The summed E-state index contributed by atoms with van der Waals surface area (Å²) in [5.74, 6) is -16.7. The van der Waals surface area contributed by atoms with Crippen LogP contribution < -0.4 is 10.1 Å². The average molecular weight is 705 g/mol. The third-order valence-electron chi connectivity index (χ3n) is 8.60. The number of piperidine rings is 1. The molecule has 0 saturated carbocycles. The Morgan fingerprint density at radius 2 is 1.65 bits per heavy atom. The van der Waals surface area contributed by atoms with Gasteiger partial charge in [0.25, 0.3) is 0 Å². The average Bonchev–Trinajstić information content (AvgIpc) is 3.55. The van der Waals surface area contributed by atoms with Crippen molar-refractivity contribution in [3.63, 3.8) is 0 Å². The third kappa shape index (κ3) is 8.87. The minimum atomic E-state index is -2.41. The first-order valence-electron chi connectivity index (χ1n) is 15.6. The molecule has 1 aliphatic rings. The van der Waals surface area contributed by atoms with Gasteiger partial charge in [0.2, 0.25) is 46.6 Å². The quantitative estimate of drug-likeness (QED) is 0.0949. The summed E-state index contributed by atoms with van der Waals surface area (Å²) >= 11 is 0.819. The fourth-order valence-corrected chi connectivity index (χ4v) is 6.40. The van der Waals surface area contributed by atoms with Crippen molar-refractivity contribution < 1.29 is 50.6 Å². The minimum absolute atomic E-state index is 0.00562. The van der Waals surface area contributed by atoms with Crippen molar-refractivity contribution in [3.05, 3.63) is 45.2 Å². The van der Waals surface area contributed by atoms with Crippen molar-refractivity contribution in [2.24, 2.45) is 11.8 Å². The van der Waals surface area contributed by atoms with Gasteiger partial charge in [-0.1, -0.05) is 40.5 Å². The maximum absolute atomic E-state index is 14.1. The van der Waals surface area contributed by atoms with Gasteiger partial charge < -0.3 is 19.7 Å². The first-order chi connectivity index (χ1) is 22.5. The summed E-state index contributed by atoms with van der Waals surface area (Å²) in [5.41, 5.74) is -0.547. The zero-order valence-corrected chi connectivity index (χ0v) is 28.7. The maximum atomic E-state index is 14.1. The second-order valence-corrected chi connectivity index (χ2v) is 13.2. The minimum Gasteiger partial charge on any atom is -0.455 e. The van der Waals surface area contributed by atoms with E-state index < -0.39 is 70.7 Å². The molecule has 2 aromatic rings. The number of benzene rings is 1. The van der Waals surface area contributed by atoms with E-state index in [4.69, 9.17) is 4.74 Å². The van der Waals surface area contributed by atoms with Crippen LogP contribution in [0.4, 0.5) is 22.0 Å². The number of carbonyl (C=O) groups excluding carboxylic acids is 4. The number of esters is 2. The van der Waals surface area contributed by atoms with Crippen molar-refractivity contribution in [1.29, 1.82) is 0 Å². The van der Waals surface area contributed by atoms with E-state index in [1.54, 1.807) is 7.05 Å². The van der Waals surface area contributed by atoms with Crippen LogP contribution in [0.25, 0.3) is 0 Å². The predicted molar refractivity (Wildman–Crippen MR) is 165 cm³/mol. The molecule has 0 bridgehead atoms. The maximum Gasteiger partial charge on any atom is 0.363 e. The van der Waals surface area contributed by atoms with Gasteiger partial charge in [-0.3, -0.25) is 19.3 Å². The highest BCUT2D eigenvalue weighted by Crippen LogP contribution is 2.33. The van der Waals surface area contributed by atoms with E-state index in [1.807, 2.05) is 39.6 Å². The van der Waals surface area contributed by atoms with Gasteiger partial charge in [-0.2, -0.15) is 8.78 Å². The Morgan fingerprint density at radius 1 is 1.04 bits per heavy atom. The van der Waals surface area contributed by atoms with Gasteiger partial charge >= 0.3 is 11.9 Å². The summed E-state index contributed by atoms with van der Waals surface area (Å²) in [6, 6.07) is -1.76. The number of thiazole rings is 1. The third-order valence-corrected chi connectivity index (χ3v) is 9.54. The van der Waals surface area contributed by atoms with Crippen molar-refractivity contribution in [2.75, 3.05) is 20.6 Å². The molecular weight excluding hydrogens is 663 g/mol. The molecule has 1 aliphatic heterocycles. The molecule has 2 amide bonds. The predicted octanol–water partition coefficient (Wildman–Crippen LogP) is 5.55. The molecule has 266 valence electrons. The number of hydrogen-bond acceptors (Lipinski definition) is 9. The van der Waals surface area contributed by atoms with E-state index in [1.165, 1.54) is 4.90 Å². The molecule has 0 spiro atoms. The van der Waals surface area contributed by atoms with Gasteiger partial charge in [0.05, 0.1) is 6.04 Å². The van der Waals surface area contributed by atoms with Gasteiger partial charge in [0.15, 0.2) is 11.8 Å². The van der Waals surface area contributed by atoms with E-state index in [-0.39, 0.29) is 41.1 Å². The summed E-state index contributed by atoms with van der Waals surface area (Å²) in [6.45, 7) is 9.41. The lowest BCUT2D eigenvalue weighted by molar-refractivity contribution is -0.149. The zero-order chi connectivity index (χ0) is 36.0. The topological polar surface area (TPSA) is 118 Å². The molecule has 5 atom stereocenters. The summed E-state index contributed by atoms with van der Waals surface area (Å²) in [5, 5.41) is 4.13. The number of aromatic nitrogens is 1. The first-order valence-corrected chi connectivity index (χ1v) is 16.5. The number of nitrogens with one attached hydrogen (secondary N) is 1. The van der Waals surface area contributed by atoms with Crippen molar-refractivity contribution in [3.8, 4) is 5.75 Å². The van der Waals surface area contributed by atoms with Crippen molar-refractivity contribution in [1.82, 2.24) is 20.1 Å². The van der Waals surface area contributed by atoms with E-state index in [0.717, 1.165) is 43.0 Å². The van der Waals surface area contributed by atoms with Gasteiger partial charge in [-0.15, -0.1) is 11.3 Å². The number of carbonyl (C=O) groups is 4. The van der Waals surface area contributed by atoms with Crippen LogP contribution in [0.3, 0.4) is 0 Å². The summed E-state index contributed by atoms with van der Waals surface area (Å²) < 4.78 is 78.8. The molecule has 1 fully saturated rings. The SMILES string of the molecule is CC[C@H](C)[C@H](NC(=O)[C@H]1CCCCN1C)C(=O)N(C)[C@H](C[C@@H](OC(C)=O)c1nc(C(=O)Oc2c(F)c(F)c(F)c(F)c2F)cs1)C(C)C. The molecule has 48 heavy (non-hydrogen) atoms. The molecule has 2 heterocycles. The lowest BCUT2D eigenvalue weighted by atomic mass is 9.92. The van der Waals surface area contributed by atoms with Gasteiger partial charge in [-0.25, -0.2) is 22.9 Å². The molecule has 1 N–H and O–H groups in total. The van der Waals surface area contributed by atoms with E-state index in [9.17, 15) is 41.1 Å². The van der Waals surface area contributed by atoms with Crippen molar-refractivity contribution >= 4 is 35.1 Å². The Bertz CT molecular complexity index is 1480. The second kappa shape index (κ2) is 16.6. The molecule has 16 heteroatoms. The smallest absolute Gasteiger partial charge is 0.363 e. The van der Waals surface area contributed by atoms with Crippen LogP contribution in [-0.4, -0.2) is 77.3 Å². The van der Waals surface area contributed by atoms with Crippen LogP contribution in [0, 0.1) is 40.9 Å². The number of likely N-dealkylation sites (tertiary alicyclic amines) is 1. The molecule has 1 aromatic heterocycles. The number of halogens is 5. The number of nitrogens with zero attached hydrogens (tertiary/aromatic N) is 3. The number of rotatable bonds is 13. The van der Waals surface area contributed by atoms with E-state index in [2.05, 4.69) is 15.0 Å². The van der Waals surface area contributed by atoms with E-state index in [0.29, 0.717) is 12.8 Å². The molecule has 1 aromatic carbocycles. The molecule has 0 radical (unpaired) electrons. The standard InChI is InChI=1S/C32H41F5N4O6S/c1-8-16(4)27(39-29(43)19-11-9-10-12-40(19)6)31(44)41(7)20(15(2)3)13-21(46-17(5)42)30-38-18(14-48-30)32(45)47-28-25(36)23(34)22(33)24(35)26(28)37/h14-16,19-21,27H,8-13H2,1-7H3,(H,39,43)/t16-,19+,20+,21+,27-/m0/s1. The lowest BCUT2D eigenvalue weighted by Crippen LogP contribution is -2.58.